The summed E-state index contributed by atoms with van der Waals surface area (Å²) in [4.78, 5) is 0. The molecular weight excluding hydrogens is 282 g/mol. The average molecular weight is 302 g/mol. The van der Waals surface area contributed by atoms with E-state index >= 15 is 0 Å². The molecule has 1 heterocycles. The third kappa shape index (κ3) is 3.01. The van der Waals surface area contributed by atoms with Crippen LogP contribution in [0.2, 0.25) is 5.02 Å². The van der Waals surface area contributed by atoms with Gasteiger partial charge in [0.25, 0.3) is 0 Å². The van der Waals surface area contributed by atoms with Gasteiger partial charge in [0.2, 0.25) is 0 Å². The Hall–Kier alpha value is -1.67. The highest BCUT2D eigenvalue weighted by atomic mass is 35.5. The van der Waals surface area contributed by atoms with Gasteiger partial charge in [-0.3, -0.25) is 0 Å². The zero-order chi connectivity index (χ0) is 15.0. The van der Waals surface area contributed by atoms with E-state index in [-0.39, 0.29) is 11.5 Å². The normalized spacial score (nSPS) is 17.6. The summed E-state index contributed by atoms with van der Waals surface area (Å²) in [5, 5.41) is 4.22. The van der Waals surface area contributed by atoms with Crippen LogP contribution in [0.25, 0.3) is 0 Å². The summed E-state index contributed by atoms with van der Waals surface area (Å²) < 4.78 is 6.12. The molecule has 0 aliphatic carbocycles. The fraction of sp³-hybridized carbons (Fsp3) is 0.333. The lowest BCUT2D eigenvalue weighted by Crippen LogP contribution is -2.24. The minimum atomic E-state index is -0.00307. The predicted molar refractivity (Wildman–Crippen MR) is 88.5 cm³/mol. The second kappa shape index (κ2) is 5.27. The molecular formula is C18H20ClNO. The van der Waals surface area contributed by atoms with E-state index in [2.05, 4.69) is 44.3 Å². The largest absolute Gasteiger partial charge is 0.482 e. The van der Waals surface area contributed by atoms with Gasteiger partial charge in [0.1, 0.15) is 11.9 Å². The van der Waals surface area contributed by atoms with Crippen LogP contribution >= 0.6 is 11.6 Å². The zero-order valence-corrected chi connectivity index (χ0v) is 13.4. The van der Waals surface area contributed by atoms with Crippen LogP contribution in [0.5, 0.6) is 5.75 Å². The molecule has 2 aromatic carbocycles. The minimum absolute atomic E-state index is 0.00307. The Bertz CT molecular complexity index is 661. The number of rotatable bonds is 1. The van der Waals surface area contributed by atoms with Gasteiger partial charge in [-0.2, -0.15) is 0 Å². The van der Waals surface area contributed by atoms with Crippen LogP contribution in [0.15, 0.2) is 42.5 Å². The van der Waals surface area contributed by atoms with Crippen molar-refractivity contribution in [3.8, 4) is 5.75 Å². The summed E-state index contributed by atoms with van der Waals surface area (Å²) in [6, 6.07) is 14.2. The molecule has 0 saturated carbocycles. The van der Waals surface area contributed by atoms with Crippen molar-refractivity contribution in [1.29, 1.82) is 0 Å². The van der Waals surface area contributed by atoms with Gasteiger partial charge >= 0.3 is 0 Å². The summed E-state index contributed by atoms with van der Waals surface area (Å²) in [6.07, 6.45) is -0.00307. The molecule has 110 valence electrons. The molecule has 0 amide bonds. The van der Waals surface area contributed by atoms with Gasteiger partial charge in [0, 0.05) is 5.02 Å². The molecule has 0 fully saturated rings. The lowest BCUT2D eigenvalue weighted by Gasteiger charge is -2.29. The second-order valence-corrected chi connectivity index (χ2v) is 6.94. The second-order valence-electron chi connectivity index (χ2n) is 6.50. The van der Waals surface area contributed by atoms with E-state index in [4.69, 9.17) is 16.3 Å². The molecule has 1 N–H and O–H groups in total. The summed E-state index contributed by atoms with van der Waals surface area (Å²) >= 11 is 6.06. The molecule has 3 heteroatoms. The molecule has 1 atom stereocenters. The third-order valence-corrected chi connectivity index (χ3v) is 4.05. The average Bonchev–Trinajstić information content (AvgIpc) is 2.45. The Labute approximate surface area is 131 Å². The van der Waals surface area contributed by atoms with E-state index in [1.807, 2.05) is 24.3 Å². The minimum Gasteiger partial charge on any atom is -0.482 e. The Morgan fingerprint density at radius 1 is 1.14 bits per heavy atom. The fourth-order valence-electron chi connectivity index (χ4n) is 2.53. The smallest absolute Gasteiger partial charge is 0.143 e. The van der Waals surface area contributed by atoms with Crippen LogP contribution in [0.4, 0.5) is 5.69 Å². The van der Waals surface area contributed by atoms with Crippen LogP contribution in [-0.4, -0.2) is 6.54 Å². The molecule has 0 spiro atoms. The standard InChI is InChI=1S/C18H20ClNO/c1-18(2,3)13-7-8-16-15(10-13)20-11-17(21-16)12-5-4-6-14(19)9-12/h4-10,17,20H,11H2,1-3H3. The SMILES string of the molecule is CC(C)(C)c1ccc2c(c1)NCC(c1cccc(Cl)c1)O2. The van der Waals surface area contributed by atoms with Crippen LogP contribution < -0.4 is 10.1 Å². The first kappa shape index (κ1) is 14.3. The zero-order valence-electron chi connectivity index (χ0n) is 12.6. The lowest BCUT2D eigenvalue weighted by atomic mass is 9.86. The van der Waals surface area contributed by atoms with Crippen LogP contribution in [0.1, 0.15) is 38.0 Å². The quantitative estimate of drug-likeness (QED) is 0.783. The first-order valence-electron chi connectivity index (χ1n) is 7.24. The van der Waals surface area contributed by atoms with Crippen molar-refractivity contribution in [3.63, 3.8) is 0 Å². The van der Waals surface area contributed by atoms with Gasteiger partial charge in [-0.1, -0.05) is 50.6 Å². The summed E-state index contributed by atoms with van der Waals surface area (Å²) in [5.41, 5.74) is 3.61. The molecule has 0 aromatic heterocycles. The summed E-state index contributed by atoms with van der Waals surface area (Å²) in [7, 11) is 0. The number of ether oxygens (including phenoxy) is 1. The van der Waals surface area contributed by atoms with Crippen molar-refractivity contribution in [1.82, 2.24) is 0 Å². The van der Waals surface area contributed by atoms with Gasteiger partial charge in [0.05, 0.1) is 12.2 Å². The maximum absolute atomic E-state index is 6.12. The van der Waals surface area contributed by atoms with Gasteiger partial charge in [-0.15, -0.1) is 0 Å². The van der Waals surface area contributed by atoms with Crippen LogP contribution in [0.3, 0.4) is 0 Å². The maximum atomic E-state index is 6.12. The van der Waals surface area contributed by atoms with E-state index in [1.165, 1.54) is 5.56 Å². The molecule has 21 heavy (non-hydrogen) atoms. The number of benzene rings is 2. The van der Waals surface area contributed by atoms with Gasteiger partial charge in [-0.25, -0.2) is 0 Å². The molecule has 1 aliphatic heterocycles. The van der Waals surface area contributed by atoms with Gasteiger partial charge in [-0.05, 0) is 40.8 Å². The van der Waals surface area contributed by atoms with Crippen molar-refractivity contribution < 1.29 is 4.74 Å². The van der Waals surface area contributed by atoms with Crippen molar-refractivity contribution >= 4 is 17.3 Å². The Balaban J connectivity index is 1.86. The Morgan fingerprint density at radius 3 is 2.67 bits per heavy atom. The lowest BCUT2D eigenvalue weighted by molar-refractivity contribution is 0.210. The third-order valence-electron chi connectivity index (χ3n) is 3.81. The number of halogens is 1. The molecule has 0 saturated heterocycles. The van der Waals surface area contributed by atoms with Crippen molar-refractivity contribution in [2.45, 2.75) is 32.3 Å². The Kier molecular flexibility index (Phi) is 3.58. The summed E-state index contributed by atoms with van der Waals surface area (Å²) in [5.74, 6) is 0.902. The van der Waals surface area contributed by atoms with Crippen LogP contribution in [0, 0.1) is 0 Å². The molecule has 1 unspecified atom stereocenters. The van der Waals surface area contributed by atoms with Crippen molar-refractivity contribution in [3.05, 3.63) is 58.6 Å². The Morgan fingerprint density at radius 2 is 1.95 bits per heavy atom. The highest BCUT2D eigenvalue weighted by Gasteiger charge is 2.23. The number of fused-ring (bicyclic) bond motifs is 1. The predicted octanol–water partition coefficient (Wildman–Crippen LogP) is 5.18. The highest BCUT2D eigenvalue weighted by Crippen LogP contribution is 2.37. The van der Waals surface area contributed by atoms with E-state index in [0.717, 1.165) is 28.6 Å². The molecule has 0 bridgehead atoms. The van der Waals surface area contributed by atoms with Gasteiger partial charge < -0.3 is 10.1 Å². The highest BCUT2D eigenvalue weighted by molar-refractivity contribution is 6.30. The van der Waals surface area contributed by atoms with E-state index in [0.29, 0.717) is 0 Å². The maximum Gasteiger partial charge on any atom is 0.143 e. The first-order chi connectivity index (χ1) is 9.93. The van der Waals surface area contributed by atoms with E-state index in [1.54, 1.807) is 0 Å². The van der Waals surface area contributed by atoms with Gasteiger partial charge in [0.15, 0.2) is 0 Å². The fourth-order valence-corrected chi connectivity index (χ4v) is 2.73. The monoisotopic (exact) mass is 301 g/mol. The molecule has 3 rings (SSSR count). The summed E-state index contributed by atoms with van der Waals surface area (Å²) in [6.45, 7) is 7.40. The molecule has 2 nitrogen and oxygen atoms in total. The molecule has 1 aliphatic rings. The number of anilines is 1. The topological polar surface area (TPSA) is 21.3 Å². The molecule has 0 radical (unpaired) electrons. The number of nitrogens with one attached hydrogen (secondary N) is 1. The van der Waals surface area contributed by atoms with Crippen LogP contribution in [-0.2, 0) is 5.41 Å². The van der Waals surface area contributed by atoms with Crippen molar-refractivity contribution in [2.24, 2.45) is 0 Å². The molecule has 2 aromatic rings. The van der Waals surface area contributed by atoms with E-state index in [9.17, 15) is 0 Å². The first-order valence-corrected chi connectivity index (χ1v) is 7.62. The van der Waals surface area contributed by atoms with Crippen molar-refractivity contribution in [2.75, 3.05) is 11.9 Å². The number of hydrogen-bond donors (Lipinski definition) is 1. The number of hydrogen-bond acceptors (Lipinski definition) is 2. The van der Waals surface area contributed by atoms with E-state index < -0.39 is 0 Å².